The van der Waals surface area contributed by atoms with E-state index in [1.165, 1.54) is 5.54 Å². The molecular formula is C6H9Cl. The van der Waals surface area contributed by atoms with Crippen LogP contribution in [0.1, 0.15) is 13.3 Å². The van der Waals surface area contributed by atoms with Crippen LogP contribution in [0.2, 0.25) is 0 Å². The van der Waals surface area contributed by atoms with Crippen LogP contribution < -0.4 is 0 Å². The van der Waals surface area contributed by atoms with E-state index >= 15 is 0 Å². The maximum absolute atomic E-state index is 5.22. The third-order valence-electron chi connectivity index (χ3n) is 0.555. The predicted octanol–water partition coefficient (Wildman–Crippen LogP) is 2.71. The lowest BCUT2D eigenvalue weighted by molar-refractivity contribution is 1.23. The Labute approximate surface area is 49.5 Å². The Morgan fingerprint density at radius 3 is 2.57 bits per heavy atom. The Bertz CT molecular complexity index is 82.2. The highest BCUT2D eigenvalue weighted by Gasteiger charge is 1.74. The highest BCUT2D eigenvalue weighted by molar-refractivity contribution is 6.25. The molecule has 0 fully saturated rings. The van der Waals surface area contributed by atoms with Crippen molar-refractivity contribution < 1.29 is 0 Å². The average molecular weight is 117 g/mol. The molecule has 40 valence electrons. The van der Waals surface area contributed by atoms with Crippen LogP contribution in [-0.4, -0.2) is 0 Å². The molecule has 0 unspecified atom stereocenters. The maximum atomic E-state index is 5.22. The highest BCUT2D eigenvalue weighted by atomic mass is 35.5. The Morgan fingerprint density at radius 1 is 1.86 bits per heavy atom. The smallest absolute Gasteiger partial charge is 0.000567 e. The van der Waals surface area contributed by atoms with Crippen LogP contribution >= 0.6 is 11.6 Å². The summed E-state index contributed by atoms with van der Waals surface area (Å²) >= 11 is 5.22. The van der Waals surface area contributed by atoms with Crippen molar-refractivity contribution in [2.24, 2.45) is 0 Å². The molecule has 0 nitrogen and oxygen atoms in total. The van der Waals surface area contributed by atoms with Crippen molar-refractivity contribution in [3.63, 3.8) is 0 Å². The van der Waals surface area contributed by atoms with Crippen LogP contribution in [0.3, 0.4) is 0 Å². The second-order valence-electron chi connectivity index (χ2n) is 1.52. The van der Waals surface area contributed by atoms with Crippen LogP contribution in [-0.2, 0) is 0 Å². The molecule has 0 bridgehead atoms. The van der Waals surface area contributed by atoms with Gasteiger partial charge in [0.05, 0.1) is 0 Å². The van der Waals surface area contributed by atoms with Crippen LogP contribution in [0.25, 0.3) is 0 Å². The first-order valence-electron chi connectivity index (χ1n) is 2.17. The van der Waals surface area contributed by atoms with Gasteiger partial charge in [-0.15, -0.1) is 0 Å². The summed E-state index contributed by atoms with van der Waals surface area (Å²) in [5, 5.41) is 0. The van der Waals surface area contributed by atoms with Crippen LogP contribution in [0.4, 0.5) is 0 Å². The van der Waals surface area contributed by atoms with Crippen molar-refractivity contribution in [3.8, 4) is 0 Å². The normalized spacial score (nSPS) is 10.0. The van der Waals surface area contributed by atoms with E-state index in [1.54, 1.807) is 0 Å². The molecule has 0 radical (unpaired) electrons. The first-order chi connectivity index (χ1) is 3.27. The number of hydrogen-bond donors (Lipinski definition) is 0. The first kappa shape index (κ1) is 6.77. The van der Waals surface area contributed by atoms with Gasteiger partial charge in [-0.3, -0.25) is 0 Å². The minimum atomic E-state index is 0.892. The predicted molar refractivity (Wildman–Crippen MR) is 34.4 cm³/mol. The fraction of sp³-hybridized carbons (Fsp3) is 0.333. The van der Waals surface area contributed by atoms with Gasteiger partial charge in [-0.05, 0) is 13.3 Å². The minimum absolute atomic E-state index is 0.892. The van der Waals surface area contributed by atoms with Gasteiger partial charge in [-0.25, -0.2) is 0 Å². The Kier molecular flexibility index (Phi) is 3.81. The molecule has 0 aromatic carbocycles. The van der Waals surface area contributed by atoms with Gasteiger partial charge in [0.15, 0.2) is 0 Å². The van der Waals surface area contributed by atoms with Gasteiger partial charge in [0.1, 0.15) is 0 Å². The van der Waals surface area contributed by atoms with E-state index in [-0.39, 0.29) is 0 Å². The molecular weight excluding hydrogens is 108 g/mol. The third kappa shape index (κ3) is 5.77. The zero-order valence-electron chi connectivity index (χ0n) is 4.45. The Hall–Kier alpha value is -0.230. The molecule has 0 aliphatic rings. The van der Waals surface area contributed by atoms with Gasteiger partial charge in [0, 0.05) is 5.54 Å². The molecule has 0 rings (SSSR count). The van der Waals surface area contributed by atoms with Crippen LogP contribution in [0.5, 0.6) is 0 Å². The number of rotatable bonds is 2. The molecule has 0 amide bonds. The van der Waals surface area contributed by atoms with Crippen LogP contribution in [0.15, 0.2) is 23.8 Å². The molecule has 0 N–H and O–H groups in total. The fourth-order valence-corrected chi connectivity index (χ4v) is 0.335. The van der Waals surface area contributed by atoms with E-state index in [1.807, 2.05) is 13.0 Å². The van der Waals surface area contributed by atoms with E-state index in [0.29, 0.717) is 0 Å². The number of allylic oxidation sites excluding steroid dienone is 2. The molecule has 0 aromatic heterocycles. The molecule has 7 heavy (non-hydrogen) atoms. The summed E-state index contributed by atoms with van der Waals surface area (Å²) in [6, 6.07) is 0. The lowest BCUT2D eigenvalue weighted by Crippen LogP contribution is -1.63. The maximum Gasteiger partial charge on any atom is 0.000567 e. The van der Waals surface area contributed by atoms with E-state index < -0.39 is 0 Å². The second kappa shape index (κ2) is 3.94. The largest absolute Gasteiger partial charge is 0.0998 e. The SMILES string of the molecule is C=C(C)CC=CCl. The average Bonchev–Trinajstić information content (AvgIpc) is 1.61. The molecule has 0 heterocycles. The lowest BCUT2D eigenvalue weighted by Gasteiger charge is -1.84. The summed E-state index contributed by atoms with van der Waals surface area (Å²) in [6.45, 7) is 5.65. The van der Waals surface area contributed by atoms with Gasteiger partial charge in [0.25, 0.3) is 0 Å². The number of halogens is 1. The van der Waals surface area contributed by atoms with Gasteiger partial charge < -0.3 is 0 Å². The second-order valence-corrected chi connectivity index (χ2v) is 1.77. The molecule has 0 aromatic rings. The summed E-state index contributed by atoms with van der Waals surface area (Å²) in [7, 11) is 0. The van der Waals surface area contributed by atoms with E-state index in [4.69, 9.17) is 11.6 Å². The molecule has 1 heteroatoms. The quantitative estimate of drug-likeness (QED) is 0.487. The van der Waals surface area contributed by atoms with Crippen molar-refractivity contribution >= 4 is 11.6 Å². The lowest BCUT2D eigenvalue weighted by atomic mass is 10.2. The molecule has 0 saturated carbocycles. The van der Waals surface area contributed by atoms with Crippen molar-refractivity contribution in [2.45, 2.75) is 13.3 Å². The van der Waals surface area contributed by atoms with Gasteiger partial charge in [-0.1, -0.05) is 29.8 Å². The minimum Gasteiger partial charge on any atom is -0.0998 e. The zero-order chi connectivity index (χ0) is 5.70. The summed E-state index contributed by atoms with van der Waals surface area (Å²) in [5.41, 5.74) is 2.64. The summed E-state index contributed by atoms with van der Waals surface area (Å²) in [4.78, 5) is 0. The standard InChI is InChI=1S/C6H9Cl/c1-6(2)4-3-5-7/h3,5H,1,4H2,2H3. The van der Waals surface area contributed by atoms with E-state index in [2.05, 4.69) is 6.58 Å². The van der Waals surface area contributed by atoms with Crippen molar-refractivity contribution in [1.82, 2.24) is 0 Å². The molecule has 0 spiro atoms. The highest BCUT2D eigenvalue weighted by Crippen LogP contribution is 1.95. The molecule has 0 saturated heterocycles. The van der Waals surface area contributed by atoms with Crippen molar-refractivity contribution in [1.29, 1.82) is 0 Å². The van der Waals surface area contributed by atoms with Crippen LogP contribution in [0, 0.1) is 0 Å². The first-order valence-corrected chi connectivity index (χ1v) is 2.60. The Morgan fingerprint density at radius 2 is 2.43 bits per heavy atom. The Balaban J connectivity index is 3.14. The fourth-order valence-electron chi connectivity index (χ4n) is 0.246. The van der Waals surface area contributed by atoms with E-state index in [0.717, 1.165) is 12.0 Å². The van der Waals surface area contributed by atoms with Gasteiger partial charge >= 0.3 is 0 Å². The molecule has 0 atom stereocenters. The topological polar surface area (TPSA) is 0 Å². The van der Waals surface area contributed by atoms with Gasteiger partial charge in [0.2, 0.25) is 0 Å². The summed E-state index contributed by atoms with van der Waals surface area (Å²) in [5.74, 6) is 0. The molecule has 0 aliphatic heterocycles. The summed E-state index contributed by atoms with van der Waals surface area (Å²) in [6.07, 6.45) is 2.76. The monoisotopic (exact) mass is 116 g/mol. The van der Waals surface area contributed by atoms with Crippen molar-refractivity contribution in [3.05, 3.63) is 23.8 Å². The zero-order valence-corrected chi connectivity index (χ0v) is 5.20. The number of hydrogen-bond acceptors (Lipinski definition) is 0. The van der Waals surface area contributed by atoms with E-state index in [9.17, 15) is 0 Å². The van der Waals surface area contributed by atoms with Gasteiger partial charge in [-0.2, -0.15) is 0 Å². The summed E-state index contributed by atoms with van der Waals surface area (Å²) < 4.78 is 0. The van der Waals surface area contributed by atoms with Crippen molar-refractivity contribution in [2.75, 3.05) is 0 Å². The third-order valence-corrected chi connectivity index (χ3v) is 0.734. The molecule has 0 aliphatic carbocycles.